The number of halogens is 2. The van der Waals surface area contributed by atoms with Crippen molar-refractivity contribution in [3.63, 3.8) is 0 Å². The minimum absolute atomic E-state index is 0.0124. The number of hydrogen-bond donors (Lipinski definition) is 1. The quantitative estimate of drug-likeness (QED) is 0.570. The molecule has 0 saturated carbocycles. The molecule has 0 spiro atoms. The van der Waals surface area contributed by atoms with Crippen molar-refractivity contribution in [1.29, 1.82) is 0 Å². The summed E-state index contributed by atoms with van der Waals surface area (Å²) in [5.41, 5.74) is 1.72. The standard InChI is InChI=1S/C23H20ClFN2O2/c1-27(14-18-19(24)11-7-12-20(18)25)15-22(28)26-21-13-6-5-10-17(21)23(29)16-8-3-2-4-9-16/h2-13H,14-15H2,1H3,(H,26,28). The molecule has 3 aromatic carbocycles. The second-order valence-corrected chi connectivity index (χ2v) is 7.07. The lowest BCUT2D eigenvalue weighted by Crippen LogP contribution is -2.30. The molecule has 29 heavy (non-hydrogen) atoms. The predicted molar refractivity (Wildman–Crippen MR) is 113 cm³/mol. The normalized spacial score (nSPS) is 10.8. The van der Waals surface area contributed by atoms with E-state index in [0.29, 0.717) is 27.4 Å². The van der Waals surface area contributed by atoms with Gasteiger partial charge in [0.15, 0.2) is 5.78 Å². The molecule has 0 atom stereocenters. The average Bonchev–Trinajstić information content (AvgIpc) is 2.71. The van der Waals surface area contributed by atoms with Crippen molar-refractivity contribution in [2.45, 2.75) is 6.54 Å². The van der Waals surface area contributed by atoms with E-state index in [2.05, 4.69) is 5.32 Å². The van der Waals surface area contributed by atoms with Crippen molar-refractivity contribution in [2.75, 3.05) is 18.9 Å². The van der Waals surface area contributed by atoms with Crippen LogP contribution in [0.1, 0.15) is 21.5 Å². The van der Waals surface area contributed by atoms with Crippen LogP contribution < -0.4 is 5.32 Å². The van der Waals surface area contributed by atoms with Gasteiger partial charge in [0.05, 0.1) is 12.2 Å². The largest absolute Gasteiger partial charge is 0.324 e. The number of likely N-dealkylation sites (N-methyl/N-ethyl adjacent to an activating group) is 1. The molecule has 0 unspecified atom stereocenters. The fourth-order valence-corrected chi connectivity index (χ4v) is 3.20. The van der Waals surface area contributed by atoms with Crippen molar-refractivity contribution in [2.24, 2.45) is 0 Å². The molecule has 3 rings (SSSR count). The van der Waals surface area contributed by atoms with Crippen LogP contribution in [0.25, 0.3) is 0 Å². The molecule has 1 N–H and O–H groups in total. The number of nitrogens with one attached hydrogen (secondary N) is 1. The Hall–Kier alpha value is -3.02. The van der Waals surface area contributed by atoms with Gasteiger partial charge in [-0.05, 0) is 31.3 Å². The van der Waals surface area contributed by atoms with Gasteiger partial charge in [0.25, 0.3) is 0 Å². The second-order valence-electron chi connectivity index (χ2n) is 6.66. The number of hydrogen-bond acceptors (Lipinski definition) is 3. The first-order valence-electron chi connectivity index (χ1n) is 9.06. The smallest absolute Gasteiger partial charge is 0.238 e. The van der Waals surface area contributed by atoms with Crippen molar-refractivity contribution in [3.8, 4) is 0 Å². The first-order chi connectivity index (χ1) is 14.0. The summed E-state index contributed by atoms with van der Waals surface area (Å²) in [5, 5.41) is 3.09. The lowest BCUT2D eigenvalue weighted by molar-refractivity contribution is -0.117. The van der Waals surface area contributed by atoms with E-state index in [-0.39, 0.29) is 24.8 Å². The van der Waals surface area contributed by atoms with Gasteiger partial charge in [-0.1, -0.05) is 60.1 Å². The Labute approximate surface area is 173 Å². The number of benzene rings is 3. The van der Waals surface area contributed by atoms with E-state index in [4.69, 9.17) is 11.6 Å². The summed E-state index contributed by atoms with van der Waals surface area (Å²) in [6, 6.07) is 20.2. The van der Waals surface area contributed by atoms with Gasteiger partial charge in [0, 0.05) is 28.3 Å². The van der Waals surface area contributed by atoms with Gasteiger partial charge in [0.2, 0.25) is 5.91 Å². The predicted octanol–water partition coefficient (Wildman–Crippen LogP) is 4.78. The summed E-state index contributed by atoms with van der Waals surface area (Å²) in [5.74, 6) is -0.898. The van der Waals surface area contributed by atoms with E-state index in [0.717, 1.165) is 0 Å². The molecule has 0 aliphatic rings. The van der Waals surface area contributed by atoms with Crippen molar-refractivity contribution >= 4 is 29.0 Å². The molecule has 148 valence electrons. The maximum atomic E-state index is 13.9. The van der Waals surface area contributed by atoms with Crippen LogP contribution in [-0.4, -0.2) is 30.2 Å². The molecule has 0 aliphatic carbocycles. The molecule has 4 nitrogen and oxygen atoms in total. The molecular weight excluding hydrogens is 391 g/mol. The van der Waals surface area contributed by atoms with Gasteiger partial charge in [-0.3, -0.25) is 14.5 Å². The third-order valence-corrected chi connectivity index (χ3v) is 4.74. The van der Waals surface area contributed by atoms with Crippen LogP contribution in [0.3, 0.4) is 0 Å². The van der Waals surface area contributed by atoms with Crippen LogP contribution in [0.5, 0.6) is 0 Å². The highest BCUT2D eigenvalue weighted by Crippen LogP contribution is 2.21. The summed E-state index contributed by atoms with van der Waals surface area (Å²) >= 11 is 6.05. The topological polar surface area (TPSA) is 49.4 Å². The zero-order chi connectivity index (χ0) is 20.8. The van der Waals surface area contributed by atoms with Gasteiger partial charge in [-0.25, -0.2) is 4.39 Å². The highest BCUT2D eigenvalue weighted by molar-refractivity contribution is 6.31. The zero-order valence-corrected chi connectivity index (χ0v) is 16.6. The average molecular weight is 411 g/mol. The number of ketones is 1. The summed E-state index contributed by atoms with van der Waals surface area (Å²) < 4.78 is 13.9. The molecule has 6 heteroatoms. The second kappa shape index (κ2) is 9.45. The monoisotopic (exact) mass is 410 g/mol. The minimum atomic E-state index is -0.413. The third kappa shape index (κ3) is 5.28. The van der Waals surface area contributed by atoms with Crippen molar-refractivity contribution < 1.29 is 14.0 Å². The van der Waals surface area contributed by atoms with E-state index in [1.165, 1.54) is 12.1 Å². The van der Waals surface area contributed by atoms with Crippen LogP contribution in [-0.2, 0) is 11.3 Å². The van der Waals surface area contributed by atoms with E-state index in [1.807, 2.05) is 6.07 Å². The number of para-hydroxylation sites is 1. The van der Waals surface area contributed by atoms with Crippen molar-refractivity contribution in [3.05, 3.63) is 100 Å². The number of nitrogens with zero attached hydrogens (tertiary/aromatic N) is 1. The highest BCUT2D eigenvalue weighted by Gasteiger charge is 2.16. The molecule has 0 aromatic heterocycles. The van der Waals surface area contributed by atoms with Gasteiger partial charge < -0.3 is 5.32 Å². The number of rotatable bonds is 7. The molecule has 0 heterocycles. The lowest BCUT2D eigenvalue weighted by Gasteiger charge is -2.18. The van der Waals surface area contributed by atoms with Gasteiger partial charge >= 0.3 is 0 Å². The number of amides is 1. The van der Waals surface area contributed by atoms with E-state index in [1.54, 1.807) is 66.5 Å². The van der Waals surface area contributed by atoms with Gasteiger partial charge in [-0.2, -0.15) is 0 Å². The first kappa shape index (κ1) is 20.7. The van der Waals surface area contributed by atoms with Crippen LogP contribution in [0.15, 0.2) is 72.8 Å². The van der Waals surface area contributed by atoms with Crippen LogP contribution in [0, 0.1) is 5.82 Å². The number of carbonyl (C=O) groups is 2. The fraction of sp³-hybridized carbons (Fsp3) is 0.130. The Morgan fingerprint density at radius 2 is 1.66 bits per heavy atom. The van der Waals surface area contributed by atoms with Crippen LogP contribution in [0.2, 0.25) is 5.02 Å². The molecule has 0 aliphatic heterocycles. The Morgan fingerprint density at radius 1 is 0.966 bits per heavy atom. The number of anilines is 1. The first-order valence-corrected chi connectivity index (χ1v) is 9.43. The summed E-state index contributed by atoms with van der Waals surface area (Å²) in [7, 11) is 1.70. The summed E-state index contributed by atoms with van der Waals surface area (Å²) in [4.78, 5) is 26.9. The molecule has 3 aromatic rings. The maximum Gasteiger partial charge on any atom is 0.238 e. The van der Waals surface area contributed by atoms with Gasteiger partial charge in [-0.15, -0.1) is 0 Å². The molecule has 0 fully saturated rings. The molecular formula is C23H20ClFN2O2. The Balaban J connectivity index is 1.69. The molecule has 1 amide bonds. The van der Waals surface area contributed by atoms with Crippen LogP contribution in [0.4, 0.5) is 10.1 Å². The minimum Gasteiger partial charge on any atom is -0.324 e. The zero-order valence-electron chi connectivity index (χ0n) is 15.9. The lowest BCUT2D eigenvalue weighted by atomic mass is 10.0. The summed E-state index contributed by atoms with van der Waals surface area (Å²) in [6.45, 7) is 0.196. The Bertz CT molecular complexity index is 1000. The molecule has 0 saturated heterocycles. The Morgan fingerprint density at radius 3 is 2.38 bits per heavy atom. The van der Waals surface area contributed by atoms with E-state index < -0.39 is 5.82 Å². The summed E-state index contributed by atoms with van der Waals surface area (Å²) in [6.07, 6.45) is 0. The van der Waals surface area contributed by atoms with Gasteiger partial charge in [0.1, 0.15) is 5.82 Å². The molecule has 0 bridgehead atoms. The third-order valence-electron chi connectivity index (χ3n) is 4.39. The fourth-order valence-electron chi connectivity index (χ4n) is 2.98. The van der Waals surface area contributed by atoms with E-state index >= 15 is 0 Å². The maximum absolute atomic E-state index is 13.9. The van der Waals surface area contributed by atoms with Crippen LogP contribution >= 0.6 is 11.6 Å². The molecule has 0 radical (unpaired) electrons. The Kier molecular flexibility index (Phi) is 6.75. The highest BCUT2D eigenvalue weighted by atomic mass is 35.5. The SMILES string of the molecule is CN(CC(=O)Nc1ccccc1C(=O)c1ccccc1)Cc1c(F)cccc1Cl. The van der Waals surface area contributed by atoms with Crippen molar-refractivity contribution in [1.82, 2.24) is 4.90 Å². The number of carbonyl (C=O) groups excluding carboxylic acids is 2. The van der Waals surface area contributed by atoms with E-state index in [9.17, 15) is 14.0 Å².